The van der Waals surface area contributed by atoms with E-state index < -0.39 is 30.5 Å². The zero-order valence-corrected chi connectivity index (χ0v) is 34.9. The number of halogens is 3. The maximum absolute atomic E-state index is 13.9. The first kappa shape index (κ1) is 44.7. The zero-order chi connectivity index (χ0) is 43.7. The summed E-state index contributed by atoms with van der Waals surface area (Å²) in [5.74, 6) is -0.498. The lowest BCUT2D eigenvalue weighted by Crippen LogP contribution is -2.48. The van der Waals surface area contributed by atoms with Crippen LogP contribution in [0.1, 0.15) is 80.8 Å². The molecule has 1 saturated carbocycles. The number of tetrazole rings is 1. The van der Waals surface area contributed by atoms with Crippen LogP contribution in [0.5, 0.6) is 0 Å². The molecule has 0 bridgehead atoms. The molecular formula is C44H54F3N9O5. The molecule has 2 aliphatic rings. The molecule has 1 atom stereocenters. The van der Waals surface area contributed by atoms with E-state index in [-0.39, 0.29) is 55.1 Å². The number of likely N-dealkylation sites (tertiary alicyclic amines) is 1. The van der Waals surface area contributed by atoms with Crippen LogP contribution in [-0.2, 0) is 20.7 Å². The van der Waals surface area contributed by atoms with Gasteiger partial charge in [-0.25, -0.2) is 4.79 Å². The minimum absolute atomic E-state index is 0.196. The number of nitrogens with one attached hydrogen (secondary N) is 5. The van der Waals surface area contributed by atoms with Gasteiger partial charge in [0, 0.05) is 54.8 Å². The summed E-state index contributed by atoms with van der Waals surface area (Å²) in [5, 5.41) is 25.8. The van der Waals surface area contributed by atoms with Crippen LogP contribution in [-0.4, -0.2) is 99.4 Å². The molecule has 4 aromatic rings. The number of alkyl carbamates (subject to hydrolysis) is 1. The van der Waals surface area contributed by atoms with Crippen molar-refractivity contribution in [2.24, 2.45) is 11.8 Å². The normalized spacial score (nSPS) is 18.1. The van der Waals surface area contributed by atoms with Crippen LogP contribution >= 0.6 is 0 Å². The molecule has 1 aromatic heterocycles. The second kappa shape index (κ2) is 19.7. The minimum Gasteiger partial charge on any atom is -0.444 e. The third kappa shape index (κ3) is 13.3. The largest absolute Gasteiger partial charge is 0.444 e. The number of aromatic amines is 1. The van der Waals surface area contributed by atoms with E-state index in [0.29, 0.717) is 54.9 Å². The van der Waals surface area contributed by atoms with Crippen LogP contribution in [0.15, 0.2) is 66.7 Å². The van der Waals surface area contributed by atoms with Crippen molar-refractivity contribution < 1.29 is 37.1 Å². The van der Waals surface area contributed by atoms with Crippen LogP contribution in [0.4, 0.5) is 23.7 Å². The van der Waals surface area contributed by atoms with Crippen molar-refractivity contribution >= 4 is 29.5 Å². The lowest BCUT2D eigenvalue weighted by molar-refractivity contribution is -0.148. The van der Waals surface area contributed by atoms with Crippen LogP contribution in [0.2, 0.25) is 0 Å². The van der Waals surface area contributed by atoms with Gasteiger partial charge in [0.2, 0.25) is 17.6 Å². The molecule has 326 valence electrons. The maximum atomic E-state index is 13.9. The van der Waals surface area contributed by atoms with Crippen LogP contribution < -0.4 is 21.3 Å². The van der Waals surface area contributed by atoms with Crippen molar-refractivity contribution in [1.29, 1.82) is 0 Å². The number of aryl methyl sites for hydroxylation is 1. The Kier molecular flexibility index (Phi) is 14.4. The highest BCUT2D eigenvalue weighted by molar-refractivity contribution is 5.98. The van der Waals surface area contributed by atoms with Gasteiger partial charge >= 0.3 is 12.3 Å². The van der Waals surface area contributed by atoms with E-state index in [9.17, 15) is 32.3 Å². The highest BCUT2D eigenvalue weighted by Gasteiger charge is 2.33. The second-order valence-corrected chi connectivity index (χ2v) is 17.0. The van der Waals surface area contributed by atoms with E-state index in [1.807, 2.05) is 58.0 Å². The van der Waals surface area contributed by atoms with E-state index in [2.05, 4.69) is 41.9 Å². The van der Waals surface area contributed by atoms with Crippen LogP contribution in [0.3, 0.4) is 0 Å². The molecule has 3 aromatic carbocycles. The zero-order valence-electron chi connectivity index (χ0n) is 34.9. The van der Waals surface area contributed by atoms with Crippen molar-refractivity contribution in [3.05, 3.63) is 83.4 Å². The number of nitrogens with zero attached hydrogens (tertiary/aromatic N) is 4. The molecule has 4 amide bonds. The molecule has 0 radical (unpaired) electrons. The number of benzene rings is 3. The average molecular weight is 846 g/mol. The standard InChI is InChI=1S/C44H54F3N9O5/c1-27-23-33(40(58)49-35-19-21-56(22-20-35)26-44(45,46)47)15-18-36(27)30-9-5-28(6-10-30)24-37(41(59)50-34-16-13-31(14-17-34)38-52-54-55-53-38)51-39(57)32-11-7-29(8-12-32)25-48-42(60)61-43(2,3)4/h5-6,9-10,13-18,23,29,32,35,37H,7-8,11-12,19-22,24-26H2,1-4H3,(H,48,60)(H,49,58)(H,50,59)(H,51,57)(H,52,53,54,55). The van der Waals surface area contributed by atoms with Crippen molar-refractivity contribution in [3.8, 4) is 22.5 Å². The molecule has 17 heteroatoms. The second-order valence-electron chi connectivity index (χ2n) is 17.0. The first-order valence-electron chi connectivity index (χ1n) is 20.7. The topological polar surface area (TPSA) is 183 Å². The number of hydrogen-bond donors (Lipinski definition) is 5. The Bertz CT molecular complexity index is 2110. The molecule has 1 saturated heterocycles. The van der Waals surface area contributed by atoms with Gasteiger partial charge in [-0.3, -0.25) is 19.3 Å². The summed E-state index contributed by atoms with van der Waals surface area (Å²) in [7, 11) is 0. The third-order valence-corrected chi connectivity index (χ3v) is 11.1. The van der Waals surface area contributed by atoms with Crippen LogP contribution in [0, 0.1) is 18.8 Å². The fourth-order valence-electron chi connectivity index (χ4n) is 7.83. The number of aromatic nitrogens is 4. The summed E-state index contributed by atoms with van der Waals surface area (Å²) in [6.45, 7) is 7.40. The molecule has 1 unspecified atom stereocenters. The lowest BCUT2D eigenvalue weighted by Gasteiger charge is -2.32. The fraction of sp³-hybridized carbons (Fsp3) is 0.477. The molecule has 1 aliphatic carbocycles. The Morgan fingerprint density at radius 1 is 0.885 bits per heavy atom. The van der Waals surface area contributed by atoms with Crippen LogP contribution in [0.25, 0.3) is 22.5 Å². The fourth-order valence-corrected chi connectivity index (χ4v) is 7.83. The van der Waals surface area contributed by atoms with Crippen molar-refractivity contribution in [2.45, 2.75) is 96.5 Å². The molecule has 0 spiro atoms. The third-order valence-electron chi connectivity index (χ3n) is 11.1. The Labute approximate surface area is 353 Å². The van der Waals surface area contributed by atoms with Gasteiger partial charge in [0.05, 0.1) is 6.54 Å². The Balaban J connectivity index is 1.08. The Morgan fingerprint density at radius 3 is 2.16 bits per heavy atom. The van der Waals surface area contributed by atoms with E-state index in [4.69, 9.17) is 4.74 Å². The molecule has 5 N–H and O–H groups in total. The average Bonchev–Trinajstić information content (AvgIpc) is 3.76. The molecule has 14 nitrogen and oxygen atoms in total. The summed E-state index contributed by atoms with van der Waals surface area (Å²) in [6, 6.07) is 19.0. The monoisotopic (exact) mass is 845 g/mol. The smallest absolute Gasteiger partial charge is 0.407 e. The number of H-pyrrole nitrogens is 1. The van der Waals surface area contributed by atoms with Gasteiger partial charge in [0.25, 0.3) is 5.91 Å². The number of rotatable bonds is 13. The number of alkyl halides is 3. The van der Waals surface area contributed by atoms with E-state index >= 15 is 0 Å². The number of carbonyl (C=O) groups excluding carboxylic acids is 4. The number of anilines is 1. The quantitative estimate of drug-likeness (QED) is 0.0991. The van der Waals surface area contributed by atoms with Gasteiger partial charge < -0.3 is 26.0 Å². The van der Waals surface area contributed by atoms with E-state index in [1.165, 1.54) is 4.90 Å². The maximum Gasteiger partial charge on any atom is 0.407 e. The highest BCUT2D eigenvalue weighted by Crippen LogP contribution is 2.30. The van der Waals surface area contributed by atoms with Gasteiger partial charge in [0.1, 0.15) is 11.6 Å². The van der Waals surface area contributed by atoms with Crippen molar-refractivity contribution in [1.82, 2.24) is 41.5 Å². The summed E-state index contributed by atoms with van der Waals surface area (Å²) >= 11 is 0. The number of hydrogen-bond acceptors (Lipinski definition) is 9. The van der Waals surface area contributed by atoms with Gasteiger partial charge in [-0.15, -0.1) is 10.2 Å². The summed E-state index contributed by atoms with van der Waals surface area (Å²) in [4.78, 5) is 54.2. The highest BCUT2D eigenvalue weighted by atomic mass is 19.4. The predicted octanol–water partition coefficient (Wildman–Crippen LogP) is 6.60. The molecule has 1 aliphatic heterocycles. The van der Waals surface area contributed by atoms with Crippen molar-refractivity contribution in [3.63, 3.8) is 0 Å². The Morgan fingerprint density at radius 2 is 1.56 bits per heavy atom. The lowest BCUT2D eigenvalue weighted by atomic mass is 9.81. The SMILES string of the molecule is Cc1cc(C(=O)NC2CCN(CC(F)(F)F)CC2)ccc1-c1ccc(CC(NC(=O)C2CCC(CNC(=O)OC(C)(C)C)CC2)C(=O)Nc2ccc(-c3nn[nH]n3)cc2)cc1. The molecule has 2 fully saturated rings. The number of piperidine rings is 1. The van der Waals surface area contributed by atoms with E-state index in [1.54, 1.807) is 36.4 Å². The van der Waals surface area contributed by atoms with E-state index in [0.717, 1.165) is 35.1 Å². The number of ether oxygens (including phenoxy) is 1. The molecular weight excluding hydrogens is 792 g/mol. The summed E-state index contributed by atoms with van der Waals surface area (Å²) < 4.78 is 43.7. The van der Waals surface area contributed by atoms with Gasteiger partial charge in [-0.1, -0.05) is 30.3 Å². The summed E-state index contributed by atoms with van der Waals surface area (Å²) in [6.07, 6.45) is -0.845. The number of carbonyl (C=O) groups is 4. The first-order chi connectivity index (χ1) is 29.0. The molecule has 61 heavy (non-hydrogen) atoms. The van der Waals surface area contributed by atoms with Gasteiger partial charge in [-0.05, 0) is 136 Å². The Hall–Kier alpha value is -5.84. The van der Waals surface area contributed by atoms with Gasteiger partial charge in [0.15, 0.2) is 0 Å². The van der Waals surface area contributed by atoms with Crippen molar-refractivity contribution in [2.75, 3.05) is 31.5 Å². The molecule has 2 heterocycles. The predicted molar refractivity (Wildman–Crippen MR) is 223 cm³/mol. The van der Waals surface area contributed by atoms with Gasteiger partial charge in [-0.2, -0.15) is 18.4 Å². The molecule has 6 rings (SSSR count). The first-order valence-corrected chi connectivity index (χ1v) is 20.7. The minimum atomic E-state index is -4.24. The number of amides is 4. The summed E-state index contributed by atoms with van der Waals surface area (Å²) in [5.41, 5.74) is 4.62.